The summed E-state index contributed by atoms with van der Waals surface area (Å²) in [6.45, 7) is 2.25. The highest BCUT2D eigenvalue weighted by atomic mass is 16.5. The highest BCUT2D eigenvalue weighted by Crippen LogP contribution is 2.35. The van der Waals surface area contributed by atoms with Crippen LogP contribution in [0.15, 0.2) is 53.5 Å². The van der Waals surface area contributed by atoms with Gasteiger partial charge in [-0.15, -0.1) is 0 Å². The van der Waals surface area contributed by atoms with Crippen molar-refractivity contribution >= 4 is 11.6 Å². The molecule has 1 fully saturated rings. The second-order valence-electron chi connectivity index (χ2n) is 7.74. The molecule has 1 heterocycles. The van der Waals surface area contributed by atoms with E-state index in [9.17, 15) is 0 Å². The Labute approximate surface area is 161 Å². The highest BCUT2D eigenvalue weighted by Gasteiger charge is 2.34. The fraction of sp³-hybridized carbons (Fsp3) is 0.435. The van der Waals surface area contributed by atoms with Crippen LogP contribution in [0, 0.1) is 0 Å². The fourth-order valence-electron chi connectivity index (χ4n) is 4.40. The fourth-order valence-corrected chi connectivity index (χ4v) is 4.40. The van der Waals surface area contributed by atoms with Crippen molar-refractivity contribution in [3.05, 3.63) is 65.2 Å². The van der Waals surface area contributed by atoms with E-state index in [1.165, 1.54) is 36.0 Å². The van der Waals surface area contributed by atoms with Crippen LogP contribution in [0.4, 0.5) is 5.69 Å². The SMILES string of the molecule is NC(=NCC1(c2ccccc2)CCOCC1)Nc1cccc2c1CCCC2. The molecule has 1 aliphatic carbocycles. The van der Waals surface area contributed by atoms with E-state index in [1.54, 1.807) is 0 Å². The topological polar surface area (TPSA) is 59.6 Å². The normalized spacial score (nSPS) is 19.3. The first kappa shape index (κ1) is 18.1. The van der Waals surface area contributed by atoms with Crippen molar-refractivity contribution in [1.29, 1.82) is 0 Å². The quantitative estimate of drug-likeness (QED) is 0.637. The molecule has 142 valence electrons. The number of benzene rings is 2. The summed E-state index contributed by atoms with van der Waals surface area (Å²) in [7, 11) is 0. The lowest BCUT2D eigenvalue weighted by atomic mass is 9.74. The van der Waals surface area contributed by atoms with Gasteiger partial charge in [0.25, 0.3) is 0 Å². The van der Waals surface area contributed by atoms with E-state index in [1.807, 2.05) is 0 Å². The molecule has 4 rings (SSSR count). The lowest BCUT2D eigenvalue weighted by molar-refractivity contribution is 0.0531. The summed E-state index contributed by atoms with van der Waals surface area (Å²) < 4.78 is 5.62. The molecule has 0 aromatic heterocycles. The molecule has 0 radical (unpaired) electrons. The number of guanidine groups is 1. The number of anilines is 1. The summed E-state index contributed by atoms with van der Waals surface area (Å²) >= 11 is 0. The first-order valence-corrected chi connectivity index (χ1v) is 10.1. The molecule has 4 nitrogen and oxygen atoms in total. The van der Waals surface area contributed by atoms with Crippen LogP contribution in [-0.2, 0) is 23.0 Å². The number of nitrogens with one attached hydrogen (secondary N) is 1. The first-order valence-electron chi connectivity index (χ1n) is 10.1. The predicted octanol–water partition coefficient (Wildman–Crippen LogP) is 4.04. The van der Waals surface area contributed by atoms with Crippen LogP contribution in [0.1, 0.15) is 42.4 Å². The van der Waals surface area contributed by atoms with Crippen LogP contribution in [0.2, 0.25) is 0 Å². The minimum absolute atomic E-state index is 0.0158. The third kappa shape index (κ3) is 4.01. The summed E-state index contributed by atoms with van der Waals surface area (Å²) in [4.78, 5) is 4.77. The Balaban J connectivity index is 1.52. The van der Waals surface area contributed by atoms with Crippen LogP contribution >= 0.6 is 0 Å². The second kappa shape index (κ2) is 8.13. The Morgan fingerprint density at radius 3 is 2.59 bits per heavy atom. The molecule has 4 heteroatoms. The molecule has 1 saturated heterocycles. The molecule has 0 unspecified atom stereocenters. The smallest absolute Gasteiger partial charge is 0.193 e. The van der Waals surface area contributed by atoms with Crippen molar-refractivity contribution in [3.8, 4) is 0 Å². The van der Waals surface area contributed by atoms with Crippen LogP contribution in [0.5, 0.6) is 0 Å². The molecular formula is C23H29N3O. The lowest BCUT2D eigenvalue weighted by Crippen LogP contribution is -2.38. The number of ether oxygens (including phenoxy) is 1. The molecular weight excluding hydrogens is 334 g/mol. The number of rotatable bonds is 4. The minimum atomic E-state index is 0.0158. The summed E-state index contributed by atoms with van der Waals surface area (Å²) in [5.74, 6) is 0.510. The maximum atomic E-state index is 6.30. The molecule has 2 aromatic rings. The Hall–Kier alpha value is -2.33. The Bertz CT molecular complexity index is 795. The molecule has 0 atom stereocenters. The second-order valence-corrected chi connectivity index (χ2v) is 7.74. The maximum absolute atomic E-state index is 6.30. The van der Waals surface area contributed by atoms with E-state index in [4.69, 9.17) is 15.5 Å². The van der Waals surface area contributed by atoms with Gasteiger partial charge in [0.2, 0.25) is 0 Å². The van der Waals surface area contributed by atoms with Crippen LogP contribution in [0.25, 0.3) is 0 Å². The number of hydrogen-bond acceptors (Lipinski definition) is 2. The number of nitrogens with two attached hydrogens (primary N) is 1. The summed E-state index contributed by atoms with van der Waals surface area (Å²) in [5, 5.41) is 3.37. The highest BCUT2D eigenvalue weighted by molar-refractivity contribution is 5.93. The number of hydrogen-bond donors (Lipinski definition) is 2. The number of aryl methyl sites for hydroxylation is 1. The Morgan fingerprint density at radius 2 is 1.78 bits per heavy atom. The molecule has 0 spiro atoms. The van der Waals surface area contributed by atoms with Crippen molar-refractivity contribution in [2.24, 2.45) is 10.7 Å². The zero-order chi connectivity index (χ0) is 18.5. The van der Waals surface area contributed by atoms with Crippen molar-refractivity contribution in [1.82, 2.24) is 0 Å². The van der Waals surface area contributed by atoms with Crippen LogP contribution in [0.3, 0.4) is 0 Å². The van der Waals surface area contributed by atoms with E-state index in [0.29, 0.717) is 12.5 Å². The van der Waals surface area contributed by atoms with E-state index < -0.39 is 0 Å². The van der Waals surface area contributed by atoms with Crippen molar-refractivity contribution in [2.75, 3.05) is 25.1 Å². The zero-order valence-electron chi connectivity index (χ0n) is 15.9. The van der Waals surface area contributed by atoms with Crippen LogP contribution in [-0.4, -0.2) is 25.7 Å². The van der Waals surface area contributed by atoms with Crippen molar-refractivity contribution in [3.63, 3.8) is 0 Å². The van der Waals surface area contributed by atoms with E-state index in [-0.39, 0.29) is 5.41 Å². The molecule has 1 aliphatic heterocycles. The standard InChI is InChI=1S/C23H29N3O/c24-22(26-21-12-6-8-18-7-4-5-11-20(18)21)25-17-23(13-15-27-16-14-23)19-9-2-1-3-10-19/h1-3,6,8-10,12H,4-5,7,11,13-17H2,(H3,24,25,26). The molecule has 2 aromatic carbocycles. The van der Waals surface area contributed by atoms with Gasteiger partial charge in [0.05, 0.1) is 6.54 Å². The van der Waals surface area contributed by atoms with Gasteiger partial charge in [-0.3, -0.25) is 4.99 Å². The van der Waals surface area contributed by atoms with Gasteiger partial charge in [0.1, 0.15) is 0 Å². The van der Waals surface area contributed by atoms with Gasteiger partial charge in [-0.05, 0) is 61.3 Å². The van der Waals surface area contributed by atoms with Crippen molar-refractivity contribution in [2.45, 2.75) is 43.9 Å². The van der Waals surface area contributed by atoms with Gasteiger partial charge in [-0.1, -0.05) is 42.5 Å². The Morgan fingerprint density at radius 1 is 1.00 bits per heavy atom. The van der Waals surface area contributed by atoms with E-state index >= 15 is 0 Å². The number of fused-ring (bicyclic) bond motifs is 1. The third-order valence-electron chi connectivity index (χ3n) is 6.05. The molecule has 27 heavy (non-hydrogen) atoms. The Kier molecular flexibility index (Phi) is 5.44. The zero-order valence-corrected chi connectivity index (χ0v) is 15.9. The largest absolute Gasteiger partial charge is 0.381 e. The number of aliphatic imine (C=N–C) groups is 1. The summed E-state index contributed by atoms with van der Waals surface area (Å²) in [6.07, 6.45) is 6.78. The van der Waals surface area contributed by atoms with Gasteiger partial charge in [-0.25, -0.2) is 0 Å². The van der Waals surface area contributed by atoms with Crippen molar-refractivity contribution < 1.29 is 4.74 Å². The lowest BCUT2D eigenvalue weighted by Gasteiger charge is -2.36. The van der Waals surface area contributed by atoms with E-state index in [0.717, 1.165) is 38.2 Å². The van der Waals surface area contributed by atoms with Crippen LogP contribution < -0.4 is 11.1 Å². The monoisotopic (exact) mass is 363 g/mol. The molecule has 0 saturated carbocycles. The van der Waals surface area contributed by atoms with E-state index in [2.05, 4.69) is 53.8 Å². The van der Waals surface area contributed by atoms with Gasteiger partial charge >= 0.3 is 0 Å². The summed E-state index contributed by atoms with van der Waals surface area (Å²) in [5.41, 5.74) is 11.6. The average molecular weight is 364 g/mol. The average Bonchev–Trinajstić information content (AvgIpc) is 2.74. The van der Waals surface area contributed by atoms with Gasteiger partial charge in [0, 0.05) is 24.3 Å². The molecule has 0 bridgehead atoms. The molecule has 2 aliphatic rings. The van der Waals surface area contributed by atoms with Gasteiger partial charge in [-0.2, -0.15) is 0 Å². The summed E-state index contributed by atoms with van der Waals surface area (Å²) in [6, 6.07) is 17.2. The third-order valence-corrected chi connectivity index (χ3v) is 6.05. The predicted molar refractivity (Wildman–Crippen MR) is 111 cm³/mol. The number of nitrogens with zero attached hydrogens (tertiary/aromatic N) is 1. The molecule has 0 amide bonds. The van der Waals surface area contributed by atoms with Gasteiger partial charge in [0.15, 0.2) is 5.96 Å². The minimum Gasteiger partial charge on any atom is -0.381 e. The first-order chi connectivity index (χ1) is 13.3. The maximum Gasteiger partial charge on any atom is 0.193 e. The van der Waals surface area contributed by atoms with Gasteiger partial charge < -0.3 is 15.8 Å². The molecule has 3 N–H and O–H groups in total.